The SMILES string of the molecule is O=C1N[C@H](Cc2cccc(Cl)c2)C(=O)N[C@@H](Cc2ccccc2)C(=O)N2CCC[C@@H]2C(=O)N[C@H]1Cc1ccccc1. The second kappa shape index (κ2) is 13.0. The third kappa shape index (κ3) is 7.13. The van der Waals surface area contributed by atoms with Crippen LogP contribution in [-0.4, -0.2) is 59.2 Å². The van der Waals surface area contributed by atoms with Crippen LogP contribution in [0.5, 0.6) is 0 Å². The Balaban J connectivity index is 1.49. The quantitative estimate of drug-likeness (QED) is 0.422. The lowest BCUT2D eigenvalue weighted by Gasteiger charge is -2.32. The molecule has 0 aromatic heterocycles. The lowest BCUT2D eigenvalue weighted by molar-refractivity contribution is -0.143. The van der Waals surface area contributed by atoms with Gasteiger partial charge in [0, 0.05) is 30.8 Å². The molecule has 9 heteroatoms. The second-order valence-electron chi connectivity index (χ2n) is 10.6. The van der Waals surface area contributed by atoms with E-state index in [1.165, 1.54) is 0 Å². The van der Waals surface area contributed by atoms with Crippen molar-refractivity contribution in [2.75, 3.05) is 6.54 Å². The van der Waals surface area contributed by atoms with E-state index in [1.54, 1.807) is 23.1 Å². The summed E-state index contributed by atoms with van der Waals surface area (Å²) in [6, 6.07) is 22.3. The van der Waals surface area contributed by atoms with Crippen molar-refractivity contribution in [1.29, 1.82) is 0 Å². The van der Waals surface area contributed by atoms with Crippen molar-refractivity contribution in [2.45, 2.75) is 56.3 Å². The number of fused-ring (bicyclic) bond motifs is 1. The highest BCUT2D eigenvalue weighted by Crippen LogP contribution is 2.21. The number of rotatable bonds is 6. The highest BCUT2D eigenvalue weighted by atomic mass is 35.5. The largest absolute Gasteiger partial charge is 0.342 e. The van der Waals surface area contributed by atoms with Gasteiger partial charge in [-0.1, -0.05) is 84.4 Å². The molecule has 0 bridgehead atoms. The van der Waals surface area contributed by atoms with Crippen molar-refractivity contribution >= 4 is 35.2 Å². The molecule has 212 valence electrons. The monoisotopic (exact) mass is 572 g/mol. The number of carbonyl (C=O) groups excluding carboxylic acids is 4. The Morgan fingerprint density at radius 3 is 1.76 bits per heavy atom. The third-order valence-electron chi connectivity index (χ3n) is 7.61. The number of nitrogens with one attached hydrogen (secondary N) is 3. The van der Waals surface area contributed by atoms with Crippen molar-refractivity contribution in [3.8, 4) is 0 Å². The van der Waals surface area contributed by atoms with Gasteiger partial charge in [-0.15, -0.1) is 0 Å². The summed E-state index contributed by atoms with van der Waals surface area (Å²) in [6.07, 6.45) is 1.79. The smallest absolute Gasteiger partial charge is 0.246 e. The van der Waals surface area contributed by atoms with E-state index in [1.807, 2.05) is 66.7 Å². The maximum absolute atomic E-state index is 13.9. The summed E-state index contributed by atoms with van der Waals surface area (Å²) < 4.78 is 0. The lowest BCUT2D eigenvalue weighted by Crippen LogP contribution is -2.62. The molecule has 4 amide bonds. The molecular weight excluding hydrogens is 540 g/mol. The van der Waals surface area contributed by atoms with E-state index in [4.69, 9.17) is 11.6 Å². The van der Waals surface area contributed by atoms with Gasteiger partial charge in [0.2, 0.25) is 23.6 Å². The Bertz CT molecular complexity index is 1400. The molecule has 4 atom stereocenters. The first kappa shape index (κ1) is 28.4. The molecule has 8 nitrogen and oxygen atoms in total. The zero-order valence-corrected chi connectivity index (χ0v) is 23.3. The fourth-order valence-corrected chi connectivity index (χ4v) is 5.75. The first-order valence-corrected chi connectivity index (χ1v) is 14.3. The van der Waals surface area contributed by atoms with Gasteiger partial charge < -0.3 is 20.9 Å². The first-order valence-electron chi connectivity index (χ1n) is 13.9. The molecule has 2 aliphatic heterocycles. The topological polar surface area (TPSA) is 108 Å². The Kier molecular flexibility index (Phi) is 8.99. The summed E-state index contributed by atoms with van der Waals surface area (Å²) in [4.78, 5) is 56.5. The number of amides is 4. The highest BCUT2D eigenvalue weighted by molar-refractivity contribution is 6.30. The maximum atomic E-state index is 13.9. The van der Waals surface area contributed by atoms with Crippen LogP contribution in [0.2, 0.25) is 5.02 Å². The van der Waals surface area contributed by atoms with Crippen molar-refractivity contribution in [3.63, 3.8) is 0 Å². The number of nitrogens with zero attached hydrogens (tertiary/aromatic N) is 1. The minimum absolute atomic E-state index is 0.155. The van der Waals surface area contributed by atoms with E-state index >= 15 is 0 Å². The zero-order chi connectivity index (χ0) is 28.8. The molecule has 41 heavy (non-hydrogen) atoms. The van der Waals surface area contributed by atoms with Crippen LogP contribution in [0, 0.1) is 0 Å². The molecule has 2 heterocycles. The third-order valence-corrected chi connectivity index (χ3v) is 7.85. The van der Waals surface area contributed by atoms with Gasteiger partial charge >= 0.3 is 0 Å². The van der Waals surface area contributed by atoms with Crippen LogP contribution in [0.15, 0.2) is 84.9 Å². The Hall–Kier alpha value is -4.17. The van der Waals surface area contributed by atoms with Gasteiger partial charge in [0.25, 0.3) is 0 Å². The van der Waals surface area contributed by atoms with Crippen LogP contribution in [0.1, 0.15) is 29.5 Å². The molecule has 2 fully saturated rings. The van der Waals surface area contributed by atoms with Crippen molar-refractivity contribution in [2.24, 2.45) is 0 Å². The molecule has 0 spiro atoms. The normalized spacial score (nSPS) is 23.5. The molecule has 3 aromatic rings. The predicted octanol–water partition coefficient (Wildman–Crippen LogP) is 2.83. The lowest BCUT2D eigenvalue weighted by atomic mass is 9.99. The fourth-order valence-electron chi connectivity index (χ4n) is 5.53. The van der Waals surface area contributed by atoms with Gasteiger partial charge in [0.1, 0.15) is 24.2 Å². The molecule has 2 aliphatic rings. The molecule has 0 unspecified atom stereocenters. The van der Waals surface area contributed by atoms with E-state index in [-0.39, 0.29) is 31.1 Å². The summed E-state index contributed by atoms with van der Waals surface area (Å²) in [5, 5.41) is 9.20. The van der Waals surface area contributed by atoms with E-state index in [2.05, 4.69) is 16.0 Å². The molecule has 0 saturated carbocycles. The molecule has 5 rings (SSSR count). The van der Waals surface area contributed by atoms with Gasteiger partial charge in [0.15, 0.2) is 0 Å². The molecule has 0 radical (unpaired) electrons. The fraction of sp³-hybridized carbons (Fsp3) is 0.312. The number of hydrogen-bond acceptors (Lipinski definition) is 4. The zero-order valence-electron chi connectivity index (χ0n) is 22.6. The Labute approximate surface area is 244 Å². The number of benzene rings is 3. The molecule has 3 N–H and O–H groups in total. The van der Waals surface area contributed by atoms with E-state index in [0.717, 1.165) is 16.7 Å². The minimum Gasteiger partial charge on any atom is -0.342 e. The molecule has 3 aromatic carbocycles. The maximum Gasteiger partial charge on any atom is 0.246 e. The molecule has 0 aliphatic carbocycles. The van der Waals surface area contributed by atoms with Crippen LogP contribution >= 0.6 is 11.6 Å². The summed E-state index contributed by atoms with van der Waals surface area (Å²) in [5.74, 6) is -1.63. The van der Waals surface area contributed by atoms with Crippen molar-refractivity contribution < 1.29 is 19.2 Å². The highest BCUT2D eigenvalue weighted by Gasteiger charge is 2.40. The molecular formula is C32H33ClN4O4. The van der Waals surface area contributed by atoms with Gasteiger partial charge in [-0.25, -0.2) is 0 Å². The Morgan fingerprint density at radius 1 is 0.634 bits per heavy atom. The summed E-state index contributed by atoms with van der Waals surface area (Å²) >= 11 is 6.20. The Morgan fingerprint density at radius 2 is 1.15 bits per heavy atom. The number of carbonyl (C=O) groups is 4. The number of hydrogen-bond donors (Lipinski definition) is 3. The van der Waals surface area contributed by atoms with Crippen molar-refractivity contribution in [3.05, 3.63) is 107 Å². The minimum atomic E-state index is -1.00. The average Bonchev–Trinajstić information content (AvgIpc) is 3.47. The van der Waals surface area contributed by atoms with Crippen LogP contribution < -0.4 is 16.0 Å². The van der Waals surface area contributed by atoms with E-state index in [0.29, 0.717) is 24.4 Å². The van der Waals surface area contributed by atoms with Gasteiger partial charge in [-0.3, -0.25) is 19.2 Å². The van der Waals surface area contributed by atoms with Gasteiger partial charge in [-0.2, -0.15) is 0 Å². The molecule has 2 saturated heterocycles. The first-order chi connectivity index (χ1) is 19.9. The van der Waals surface area contributed by atoms with Gasteiger partial charge in [-0.05, 0) is 41.7 Å². The second-order valence-corrected chi connectivity index (χ2v) is 11.0. The van der Waals surface area contributed by atoms with Crippen molar-refractivity contribution in [1.82, 2.24) is 20.9 Å². The predicted molar refractivity (Wildman–Crippen MR) is 156 cm³/mol. The summed E-state index contributed by atoms with van der Waals surface area (Å²) in [5.41, 5.74) is 2.48. The van der Waals surface area contributed by atoms with Crippen LogP contribution in [0.25, 0.3) is 0 Å². The summed E-state index contributed by atoms with van der Waals surface area (Å²) in [7, 11) is 0. The van der Waals surface area contributed by atoms with E-state index in [9.17, 15) is 19.2 Å². The van der Waals surface area contributed by atoms with Gasteiger partial charge in [0.05, 0.1) is 0 Å². The summed E-state index contributed by atoms with van der Waals surface area (Å²) in [6.45, 7) is 0.402. The standard InChI is InChI=1S/C32H33ClN4O4/c33-24-14-7-13-23(17-24)20-26-30(39)36-27(19-22-11-5-2-6-12-22)32(41)37-16-8-15-28(37)31(40)35-25(29(38)34-26)18-21-9-3-1-4-10-21/h1-7,9-14,17,25-28H,8,15-16,18-20H2,(H,34,38)(H,35,40)(H,36,39)/t25-,26+,27-,28+/m0/s1. The van der Waals surface area contributed by atoms with Crippen LogP contribution in [-0.2, 0) is 38.4 Å². The van der Waals surface area contributed by atoms with Crippen LogP contribution in [0.4, 0.5) is 0 Å². The number of halogens is 1. The average molecular weight is 573 g/mol. The van der Waals surface area contributed by atoms with E-state index < -0.39 is 36.0 Å². The van der Waals surface area contributed by atoms with Crippen LogP contribution in [0.3, 0.4) is 0 Å².